The molecule has 1 aromatic rings. The minimum Gasteiger partial charge on any atom is -0.506 e. The van der Waals surface area contributed by atoms with Gasteiger partial charge in [-0.3, -0.25) is 9.79 Å². The number of anilines is 1. The largest absolute Gasteiger partial charge is 0.506 e. The van der Waals surface area contributed by atoms with Gasteiger partial charge in [0.2, 0.25) is 5.91 Å². The van der Waals surface area contributed by atoms with Crippen LogP contribution in [-0.4, -0.2) is 81.9 Å². The Labute approximate surface area is 171 Å². The summed E-state index contributed by atoms with van der Waals surface area (Å²) < 4.78 is 4.90. The zero-order chi connectivity index (χ0) is 18.1. The molecule has 1 amide bonds. The molecule has 1 aromatic carbocycles. The summed E-state index contributed by atoms with van der Waals surface area (Å²) in [7, 11) is 3.31. The maximum Gasteiger partial charge on any atom is 0.239 e. The third-order valence-electron chi connectivity index (χ3n) is 4.05. The SMILES string of the molecule is CN=C(NCC(=O)NCCOC)N1CCN(c2ccccc2O)CC1.I. The number of phenolic OH excluding ortho intramolecular Hbond substituents is 1. The van der Waals surface area contributed by atoms with E-state index in [4.69, 9.17) is 4.74 Å². The molecule has 9 heteroatoms. The molecule has 0 aromatic heterocycles. The lowest BCUT2D eigenvalue weighted by molar-refractivity contribution is -0.120. The van der Waals surface area contributed by atoms with E-state index in [1.54, 1.807) is 20.2 Å². The van der Waals surface area contributed by atoms with Crippen LogP contribution in [0.5, 0.6) is 5.75 Å². The van der Waals surface area contributed by atoms with E-state index < -0.39 is 0 Å². The van der Waals surface area contributed by atoms with Gasteiger partial charge in [0.25, 0.3) is 0 Å². The molecule has 0 spiro atoms. The Hall–Kier alpha value is -1.75. The lowest BCUT2D eigenvalue weighted by Gasteiger charge is -2.37. The molecule has 3 N–H and O–H groups in total. The highest BCUT2D eigenvalue weighted by atomic mass is 127. The number of para-hydroxylation sites is 2. The number of benzene rings is 1. The molecule has 0 unspecified atom stereocenters. The van der Waals surface area contributed by atoms with Crippen molar-refractivity contribution in [3.63, 3.8) is 0 Å². The summed E-state index contributed by atoms with van der Waals surface area (Å²) in [6, 6.07) is 7.36. The summed E-state index contributed by atoms with van der Waals surface area (Å²) in [5.41, 5.74) is 0.850. The molecule has 0 atom stereocenters. The smallest absolute Gasteiger partial charge is 0.239 e. The van der Waals surface area contributed by atoms with Crippen molar-refractivity contribution >= 4 is 41.5 Å². The molecule has 1 aliphatic rings. The number of methoxy groups -OCH3 is 1. The van der Waals surface area contributed by atoms with E-state index in [9.17, 15) is 9.90 Å². The number of carbonyl (C=O) groups excluding carboxylic acids is 1. The van der Waals surface area contributed by atoms with Crippen LogP contribution in [0.25, 0.3) is 0 Å². The average molecular weight is 477 g/mol. The fourth-order valence-electron chi connectivity index (χ4n) is 2.74. The molecular weight excluding hydrogens is 449 g/mol. The number of halogens is 1. The highest BCUT2D eigenvalue weighted by Crippen LogP contribution is 2.27. The molecule has 1 fully saturated rings. The predicted octanol–water partition coefficient (Wildman–Crippen LogP) is 0.470. The number of rotatable bonds is 6. The van der Waals surface area contributed by atoms with Crippen molar-refractivity contribution in [2.24, 2.45) is 4.99 Å². The van der Waals surface area contributed by atoms with Crippen LogP contribution < -0.4 is 15.5 Å². The number of aromatic hydroxyl groups is 1. The van der Waals surface area contributed by atoms with Crippen molar-refractivity contribution in [2.45, 2.75) is 0 Å². The molecule has 146 valence electrons. The molecule has 1 heterocycles. The zero-order valence-electron chi connectivity index (χ0n) is 15.3. The van der Waals surface area contributed by atoms with Gasteiger partial charge in [0, 0.05) is 46.9 Å². The van der Waals surface area contributed by atoms with Crippen LogP contribution in [0.3, 0.4) is 0 Å². The van der Waals surface area contributed by atoms with Gasteiger partial charge in [-0.05, 0) is 12.1 Å². The first-order valence-electron chi connectivity index (χ1n) is 8.40. The number of guanidine groups is 1. The highest BCUT2D eigenvalue weighted by Gasteiger charge is 2.21. The zero-order valence-corrected chi connectivity index (χ0v) is 17.6. The van der Waals surface area contributed by atoms with Gasteiger partial charge in [-0.2, -0.15) is 0 Å². The highest BCUT2D eigenvalue weighted by molar-refractivity contribution is 14.0. The fourth-order valence-corrected chi connectivity index (χ4v) is 2.74. The number of nitrogens with zero attached hydrogens (tertiary/aromatic N) is 3. The monoisotopic (exact) mass is 477 g/mol. The Morgan fingerprint density at radius 3 is 2.54 bits per heavy atom. The number of aliphatic imine (C=N–C) groups is 1. The number of carbonyl (C=O) groups is 1. The molecule has 8 nitrogen and oxygen atoms in total. The normalized spacial score (nSPS) is 14.6. The third kappa shape index (κ3) is 6.52. The van der Waals surface area contributed by atoms with Crippen molar-refractivity contribution in [1.82, 2.24) is 15.5 Å². The van der Waals surface area contributed by atoms with Crippen molar-refractivity contribution in [2.75, 3.05) is 64.9 Å². The van der Waals surface area contributed by atoms with Crippen LogP contribution in [0.4, 0.5) is 5.69 Å². The molecule has 1 saturated heterocycles. The van der Waals surface area contributed by atoms with E-state index in [1.807, 2.05) is 18.2 Å². The minimum atomic E-state index is -0.0916. The van der Waals surface area contributed by atoms with Crippen molar-refractivity contribution in [1.29, 1.82) is 0 Å². The summed E-state index contributed by atoms with van der Waals surface area (Å²) in [6.45, 7) is 4.24. The van der Waals surface area contributed by atoms with Gasteiger partial charge in [-0.25, -0.2) is 0 Å². The van der Waals surface area contributed by atoms with Gasteiger partial charge in [0.1, 0.15) is 5.75 Å². The van der Waals surface area contributed by atoms with Gasteiger partial charge in [-0.1, -0.05) is 12.1 Å². The Morgan fingerprint density at radius 2 is 1.92 bits per heavy atom. The van der Waals surface area contributed by atoms with E-state index in [-0.39, 0.29) is 36.4 Å². The average Bonchev–Trinajstić information content (AvgIpc) is 2.63. The number of hydrogen-bond donors (Lipinski definition) is 3. The number of nitrogens with one attached hydrogen (secondary N) is 2. The maximum absolute atomic E-state index is 11.8. The second-order valence-electron chi connectivity index (χ2n) is 5.71. The Morgan fingerprint density at radius 1 is 1.23 bits per heavy atom. The Bertz CT molecular complexity index is 592. The van der Waals surface area contributed by atoms with Crippen LogP contribution in [-0.2, 0) is 9.53 Å². The van der Waals surface area contributed by atoms with Crippen LogP contribution in [0.1, 0.15) is 0 Å². The van der Waals surface area contributed by atoms with Crippen LogP contribution >= 0.6 is 24.0 Å². The molecule has 1 aliphatic heterocycles. The summed E-state index contributed by atoms with van der Waals surface area (Å²) in [5, 5.41) is 15.8. The second kappa shape index (κ2) is 11.8. The van der Waals surface area contributed by atoms with Gasteiger partial charge in [0.05, 0.1) is 18.8 Å². The number of phenols is 1. The van der Waals surface area contributed by atoms with E-state index in [0.717, 1.165) is 31.9 Å². The summed E-state index contributed by atoms with van der Waals surface area (Å²) in [5.74, 6) is 0.913. The van der Waals surface area contributed by atoms with Crippen LogP contribution in [0.15, 0.2) is 29.3 Å². The number of ether oxygens (including phenoxy) is 1. The van der Waals surface area contributed by atoms with Crippen LogP contribution in [0.2, 0.25) is 0 Å². The summed E-state index contributed by atoms with van der Waals surface area (Å²) in [4.78, 5) is 20.3. The van der Waals surface area contributed by atoms with Gasteiger partial charge in [-0.15, -0.1) is 24.0 Å². The molecule has 0 bridgehead atoms. The number of amides is 1. The molecule has 0 radical (unpaired) electrons. The van der Waals surface area contributed by atoms with Gasteiger partial charge < -0.3 is 30.3 Å². The topological polar surface area (TPSA) is 89.4 Å². The Balaban J connectivity index is 0.00000338. The number of hydrogen-bond acceptors (Lipinski definition) is 5. The third-order valence-corrected chi connectivity index (χ3v) is 4.05. The quantitative estimate of drug-likeness (QED) is 0.239. The molecule has 0 saturated carbocycles. The van der Waals surface area contributed by atoms with Crippen molar-refractivity contribution in [3.8, 4) is 5.75 Å². The lowest BCUT2D eigenvalue weighted by atomic mass is 10.2. The molecular formula is C17H28IN5O3. The minimum absolute atomic E-state index is 0. The van der Waals surface area contributed by atoms with Crippen LogP contribution in [0, 0.1) is 0 Å². The standard InChI is InChI=1S/C17H27N5O3.HI/c1-18-17(20-13-16(24)19-7-12-25-2)22-10-8-21(9-11-22)14-5-3-4-6-15(14)23;/h3-6,23H,7-13H2,1-2H3,(H,18,20)(H,19,24);1H. The van der Waals surface area contributed by atoms with E-state index >= 15 is 0 Å². The lowest BCUT2D eigenvalue weighted by Crippen LogP contribution is -2.53. The number of piperazine rings is 1. The van der Waals surface area contributed by atoms with Gasteiger partial charge >= 0.3 is 0 Å². The van der Waals surface area contributed by atoms with Crippen molar-refractivity contribution in [3.05, 3.63) is 24.3 Å². The molecule has 0 aliphatic carbocycles. The van der Waals surface area contributed by atoms with Gasteiger partial charge in [0.15, 0.2) is 5.96 Å². The predicted molar refractivity (Wildman–Crippen MR) is 114 cm³/mol. The maximum atomic E-state index is 11.8. The van der Waals surface area contributed by atoms with E-state index in [0.29, 0.717) is 24.9 Å². The van der Waals surface area contributed by atoms with Crippen molar-refractivity contribution < 1.29 is 14.6 Å². The fraction of sp³-hybridized carbons (Fsp3) is 0.529. The molecule has 2 rings (SSSR count). The van der Waals surface area contributed by atoms with E-state index in [2.05, 4.69) is 25.4 Å². The van der Waals surface area contributed by atoms with E-state index in [1.165, 1.54) is 0 Å². The second-order valence-corrected chi connectivity index (χ2v) is 5.71. The summed E-state index contributed by atoms with van der Waals surface area (Å²) >= 11 is 0. The summed E-state index contributed by atoms with van der Waals surface area (Å²) in [6.07, 6.45) is 0. The molecule has 26 heavy (non-hydrogen) atoms. The first-order valence-corrected chi connectivity index (χ1v) is 8.40. The first kappa shape index (κ1) is 22.3. The first-order chi connectivity index (χ1) is 12.2. The Kier molecular flexibility index (Phi) is 10.1.